The third kappa shape index (κ3) is 3.24. The Labute approximate surface area is 126 Å². The summed E-state index contributed by atoms with van der Waals surface area (Å²) < 4.78 is 18.6. The Morgan fingerprint density at radius 2 is 2.14 bits per heavy atom. The van der Waals surface area contributed by atoms with E-state index in [1.807, 2.05) is 0 Å². The molecule has 22 heavy (non-hydrogen) atoms. The van der Waals surface area contributed by atoms with Gasteiger partial charge < -0.3 is 14.7 Å². The number of methoxy groups -OCH3 is 1. The second-order valence-corrected chi connectivity index (χ2v) is 5.11. The summed E-state index contributed by atoms with van der Waals surface area (Å²) in [6, 6.07) is 4.77. The molecule has 1 fully saturated rings. The van der Waals surface area contributed by atoms with Crippen LogP contribution in [0.15, 0.2) is 24.3 Å². The highest BCUT2D eigenvalue weighted by molar-refractivity contribution is 5.87. The lowest BCUT2D eigenvalue weighted by atomic mass is 10.0. The molecule has 0 saturated carbocycles. The second kappa shape index (κ2) is 6.55. The normalized spacial score (nSPS) is 19.1. The van der Waals surface area contributed by atoms with Gasteiger partial charge in [0, 0.05) is 18.5 Å². The molecule has 1 heterocycles. The minimum absolute atomic E-state index is 0.0256. The van der Waals surface area contributed by atoms with E-state index in [1.54, 1.807) is 6.07 Å². The SMILES string of the molecule is COC(=O)C1CC(=O)N(C(CC(=O)O)c2ccccc2F)C1. The Kier molecular flexibility index (Phi) is 4.75. The number of carboxylic acids is 1. The van der Waals surface area contributed by atoms with E-state index in [-0.39, 0.29) is 24.4 Å². The zero-order chi connectivity index (χ0) is 16.3. The molecule has 0 radical (unpaired) electrons. The van der Waals surface area contributed by atoms with Gasteiger partial charge in [0.15, 0.2) is 0 Å². The molecule has 2 unspecified atom stereocenters. The second-order valence-electron chi connectivity index (χ2n) is 5.11. The van der Waals surface area contributed by atoms with Crippen LogP contribution < -0.4 is 0 Å². The van der Waals surface area contributed by atoms with Crippen LogP contribution in [0, 0.1) is 11.7 Å². The summed E-state index contributed by atoms with van der Waals surface area (Å²) in [6.45, 7) is 0.0256. The van der Waals surface area contributed by atoms with Gasteiger partial charge in [-0.25, -0.2) is 4.39 Å². The smallest absolute Gasteiger partial charge is 0.310 e. The Bertz CT molecular complexity index is 603. The highest BCUT2D eigenvalue weighted by Crippen LogP contribution is 2.32. The van der Waals surface area contributed by atoms with Crippen LogP contribution in [0.3, 0.4) is 0 Å². The number of rotatable bonds is 5. The Morgan fingerprint density at radius 1 is 1.45 bits per heavy atom. The molecule has 1 aliphatic rings. The van der Waals surface area contributed by atoms with Gasteiger partial charge in [-0.2, -0.15) is 0 Å². The summed E-state index contributed by atoms with van der Waals surface area (Å²) in [4.78, 5) is 36.0. The molecule has 0 aliphatic carbocycles. The molecule has 0 spiro atoms. The van der Waals surface area contributed by atoms with Crippen molar-refractivity contribution in [3.63, 3.8) is 0 Å². The van der Waals surface area contributed by atoms with E-state index >= 15 is 0 Å². The molecule has 1 N–H and O–H groups in total. The summed E-state index contributed by atoms with van der Waals surface area (Å²) in [6.07, 6.45) is -0.488. The third-order valence-corrected chi connectivity index (χ3v) is 3.70. The van der Waals surface area contributed by atoms with E-state index < -0.39 is 36.1 Å². The van der Waals surface area contributed by atoms with Gasteiger partial charge in [0.2, 0.25) is 5.91 Å². The predicted molar refractivity (Wildman–Crippen MR) is 73.2 cm³/mol. The number of carbonyl (C=O) groups is 3. The van der Waals surface area contributed by atoms with Gasteiger partial charge >= 0.3 is 11.9 Å². The summed E-state index contributed by atoms with van der Waals surface area (Å²) in [5, 5.41) is 9.05. The number of carboxylic acid groups (broad SMARTS) is 1. The molecule has 7 heteroatoms. The fourth-order valence-electron chi connectivity index (χ4n) is 2.66. The quantitative estimate of drug-likeness (QED) is 0.830. The monoisotopic (exact) mass is 309 g/mol. The largest absolute Gasteiger partial charge is 0.481 e. The lowest BCUT2D eigenvalue weighted by Gasteiger charge is -2.27. The van der Waals surface area contributed by atoms with Gasteiger partial charge in [0.05, 0.1) is 25.5 Å². The molecule has 6 nitrogen and oxygen atoms in total. The van der Waals surface area contributed by atoms with Crippen LogP contribution in [0.1, 0.15) is 24.4 Å². The lowest BCUT2D eigenvalue weighted by Crippen LogP contribution is -2.33. The minimum Gasteiger partial charge on any atom is -0.481 e. The van der Waals surface area contributed by atoms with E-state index in [1.165, 1.54) is 30.2 Å². The van der Waals surface area contributed by atoms with Gasteiger partial charge in [0.1, 0.15) is 5.82 Å². The van der Waals surface area contributed by atoms with Gasteiger partial charge in [-0.15, -0.1) is 0 Å². The molecule has 1 saturated heterocycles. The maximum atomic E-state index is 14.0. The molecular weight excluding hydrogens is 293 g/mol. The molecule has 0 bridgehead atoms. The zero-order valence-electron chi connectivity index (χ0n) is 12.0. The first-order valence-electron chi connectivity index (χ1n) is 6.77. The summed E-state index contributed by atoms with van der Waals surface area (Å²) >= 11 is 0. The maximum Gasteiger partial charge on any atom is 0.310 e. The first kappa shape index (κ1) is 15.9. The molecule has 1 aliphatic heterocycles. The van der Waals surface area contributed by atoms with Crippen LogP contribution in [0.4, 0.5) is 4.39 Å². The number of aliphatic carboxylic acids is 1. The average Bonchev–Trinajstić information content (AvgIpc) is 2.86. The van der Waals surface area contributed by atoms with Crippen LogP contribution in [0.25, 0.3) is 0 Å². The van der Waals surface area contributed by atoms with Gasteiger partial charge in [-0.05, 0) is 6.07 Å². The first-order valence-corrected chi connectivity index (χ1v) is 6.77. The number of hydrogen-bond donors (Lipinski definition) is 1. The summed E-state index contributed by atoms with van der Waals surface area (Å²) in [5.41, 5.74) is 0.128. The average molecular weight is 309 g/mol. The van der Waals surface area contributed by atoms with Crippen molar-refractivity contribution in [1.29, 1.82) is 0 Å². The zero-order valence-corrected chi connectivity index (χ0v) is 12.0. The molecular formula is C15H16FNO5. The van der Waals surface area contributed by atoms with E-state index in [2.05, 4.69) is 4.74 Å². The van der Waals surface area contributed by atoms with Crippen molar-refractivity contribution in [2.24, 2.45) is 5.92 Å². The first-order chi connectivity index (χ1) is 10.4. The Morgan fingerprint density at radius 3 is 2.73 bits per heavy atom. The molecule has 2 rings (SSSR count). The van der Waals surface area contributed by atoms with Gasteiger partial charge in [-0.1, -0.05) is 18.2 Å². The number of benzene rings is 1. The molecule has 1 amide bonds. The van der Waals surface area contributed by atoms with E-state index in [0.717, 1.165) is 0 Å². The van der Waals surface area contributed by atoms with Crippen LogP contribution in [-0.4, -0.2) is 41.5 Å². The van der Waals surface area contributed by atoms with Crippen LogP contribution in [-0.2, 0) is 19.1 Å². The minimum atomic E-state index is -1.15. The highest BCUT2D eigenvalue weighted by atomic mass is 19.1. The maximum absolute atomic E-state index is 14.0. The van der Waals surface area contributed by atoms with Crippen LogP contribution in [0.2, 0.25) is 0 Å². The molecule has 0 aromatic heterocycles. The number of hydrogen-bond acceptors (Lipinski definition) is 4. The molecule has 2 atom stereocenters. The van der Waals surface area contributed by atoms with E-state index in [0.29, 0.717) is 0 Å². The van der Waals surface area contributed by atoms with Crippen LogP contribution in [0.5, 0.6) is 0 Å². The van der Waals surface area contributed by atoms with Crippen molar-refractivity contribution in [2.45, 2.75) is 18.9 Å². The van der Waals surface area contributed by atoms with Gasteiger partial charge in [-0.3, -0.25) is 14.4 Å². The van der Waals surface area contributed by atoms with Crippen LogP contribution >= 0.6 is 0 Å². The van der Waals surface area contributed by atoms with Crippen molar-refractivity contribution in [2.75, 3.05) is 13.7 Å². The molecule has 1 aromatic carbocycles. The highest BCUT2D eigenvalue weighted by Gasteiger charge is 2.40. The number of carbonyl (C=O) groups excluding carboxylic acids is 2. The lowest BCUT2D eigenvalue weighted by molar-refractivity contribution is -0.145. The fourth-order valence-corrected chi connectivity index (χ4v) is 2.66. The molecule has 118 valence electrons. The number of esters is 1. The third-order valence-electron chi connectivity index (χ3n) is 3.70. The number of nitrogens with zero attached hydrogens (tertiary/aromatic N) is 1. The standard InChI is InChI=1S/C15H16FNO5/c1-22-15(21)9-6-13(18)17(8-9)12(7-14(19)20)10-4-2-3-5-11(10)16/h2-5,9,12H,6-8H2,1H3,(H,19,20). The van der Waals surface area contributed by atoms with Crippen molar-refractivity contribution in [3.05, 3.63) is 35.6 Å². The number of halogens is 1. The van der Waals surface area contributed by atoms with Crippen molar-refractivity contribution in [1.82, 2.24) is 4.90 Å². The van der Waals surface area contributed by atoms with Crippen molar-refractivity contribution < 1.29 is 28.6 Å². The molecule has 1 aromatic rings. The summed E-state index contributed by atoms with van der Waals surface area (Å²) in [5.74, 6) is -3.30. The van der Waals surface area contributed by atoms with Crippen molar-refractivity contribution in [3.8, 4) is 0 Å². The summed E-state index contributed by atoms with van der Waals surface area (Å²) in [7, 11) is 1.22. The Hall–Kier alpha value is -2.44. The number of likely N-dealkylation sites (tertiary alicyclic amines) is 1. The van der Waals surface area contributed by atoms with Crippen molar-refractivity contribution >= 4 is 17.8 Å². The van der Waals surface area contributed by atoms with Gasteiger partial charge in [0.25, 0.3) is 0 Å². The fraction of sp³-hybridized carbons (Fsp3) is 0.400. The Balaban J connectivity index is 2.30. The number of amides is 1. The van der Waals surface area contributed by atoms with E-state index in [4.69, 9.17) is 5.11 Å². The topological polar surface area (TPSA) is 83.9 Å². The predicted octanol–water partition coefficient (Wildman–Crippen LogP) is 1.36. The number of ether oxygens (including phenoxy) is 1. The van der Waals surface area contributed by atoms with E-state index in [9.17, 15) is 18.8 Å².